The molecule has 2 atom stereocenters. The van der Waals surface area contributed by atoms with Gasteiger partial charge in [-0.2, -0.15) is 7.11 Å². The van der Waals surface area contributed by atoms with Crippen molar-refractivity contribution in [2.75, 3.05) is 137 Å². The van der Waals surface area contributed by atoms with E-state index in [-0.39, 0.29) is 72.0 Å². The van der Waals surface area contributed by atoms with Crippen LogP contribution in [0.3, 0.4) is 0 Å². The molecule has 4 aliphatic heterocycles. The Hall–Kier alpha value is -3.67. The zero-order valence-electron chi connectivity index (χ0n) is 41.3. The Morgan fingerprint density at radius 3 is 1.47 bits per heavy atom. The van der Waals surface area contributed by atoms with Crippen LogP contribution in [0.15, 0.2) is 24.3 Å². The van der Waals surface area contributed by atoms with Crippen molar-refractivity contribution in [1.82, 2.24) is 30.2 Å². The van der Waals surface area contributed by atoms with Crippen LogP contribution in [-0.2, 0) is 28.6 Å². The molecule has 4 heterocycles. The van der Waals surface area contributed by atoms with Gasteiger partial charge >= 0.3 is 35.5 Å². The van der Waals surface area contributed by atoms with Gasteiger partial charge in [0.15, 0.2) is 6.61 Å². The van der Waals surface area contributed by atoms with Gasteiger partial charge in [-0.05, 0) is 63.5 Å². The summed E-state index contributed by atoms with van der Waals surface area (Å²) in [6.07, 6.45) is 3.44. The van der Waals surface area contributed by atoms with Crippen molar-refractivity contribution >= 4 is 64.2 Å². The third kappa shape index (κ3) is 19.4. The number of anilines is 2. The molecule has 70 heavy (non-hydrogen) atoms. The minimum Gasteiger partial charge on any atom is -0.857 e. The number of piperidine rings is 2. The van der Waals surface area contributed by atoms with E-state index in [1.807, 2.05) is 13.8 Å². The molecule has 0 spiro atoms. The molecule has 7 N–H and O–H groups in total. The number of amides is 4. The van der Waals surface area contributed by atoms with Crippen LogP contribution in [0.1, 0.15) is 67.2 Å². The van der Waals surface area contributed by atoms with Gasteiger partial charge < -0.3 is 65.8 Å². The Balaban J connectivity index is 0.000000354. The number of halogens is 2. The summed E-state index contributed by atoms with van der Waals surface area (Å²) >= 11 is 12.2. The molecule has 4 fully saturated rings. The van der Waals surface area contributed by atoms with Gasteiger partial charge in [0.05, 0.1) is 71.2 Å². The molecular formula is C47H71Cl2N8NaO12. The summed E-state index contributed by atoms with van der Waals surface area (Å²) in [6.45, 7) is 14.8. The number of rotatable bonds is 17. The van der Waals surface area contributed by atoms with E-state index in [1.54, 1.807) is 21.9 Å². The van der Waals surface area contributed by atoms with E-state index in [4.69, 9.17) is 68.6 Å². The van der Waals surface area contributed by atoms with Crippen LogP contribution in [0.5, 0.6) is 11.5 Å². The van der Waals surface area contributed by atoms with E-state index < -0.39 is 12.6 Å². The maximum Gasteiger partial charge on any atom is 1.00 e. The summed E-state index contributed by atoms with van der Waals surface area (Å²) in [5, 5.41) is 23.7. The Bertz CT molecular complexity index is 1990. The van der Waals surface area contributed by atoms with Gasteiger partial charge in [0.2, 0.25) is 5.91 Å². The second-order valence-electron chi connectivity index (χ2n) is 17.1. The van der Waals surface area contributed by atoms with Crippen molar-refractivity contribution in [1.29, 1.82) is 0 Å². The normalized spacial score (nSPS) is 19.0. The third-order valence-corrected chi connectivity index (χ3v) is 12.9. The molecule has 20 nitrogen and oxygen atoms in total. The molecule has 4 amide bonds. The number of likely N-dealkylation sites (tertiary alicyclic amines) is 2. The number of carbonyl (C=O) groups excluding carboxylic acids is 5. The minimum absolute atomic E-state index is 0. The van der Waals surface area contributed by atoms with E-state index in [9.17, 15) is 24.0 Å². The number of ether oxygens (including phenoxy) is 5. The molecule has 0 aromatic heterocycles. The van der Waals surface area contributed by atoms with Crippen LogP contribution < -0.4 is 66.2 Å². The van der Waals surface area contributed by atoms with Crippen molar-refractivity contribution in [3.05, 3.63) is 45.4 Å². The smallest absolute Gasteiger partial charge is 0.857 e. The van der Waals surface area contributed by atoms with E-state index in [2.05, 4.69) is 20.4 Å². The average molecular weight is 1030 g/mol. The molecule has 0 aliphatic carbocycles. The molecule has 6 rings (SSSR count). The molecular weight excluding hydrogens is 962 g/mol. The fourth-order valence-electron chi connectivity index (χ4n) is 8.60. The average Bonchev–Trinajstić information content (AvgIpc) is 3.35. The quantitative estimate of drug-likeness (QED) is 0.0687. The number of nitrogens with zero attached hydrogens (tertiary/aromatic N) is 4. The van der Waals surface area contributed by atoms with Crippen molar-refractivity contribution in [3.63, 3.8) is 0 Å². The third-order valence-electron chi connectivity index (χ3n) is 12.2. The SMILES string of the molecule is CCOc1cc(N)c(Cl)cc1C(=O)NCC1CN(CC2CCN(C(=O)CO)CC2)CCO1.CCOc1cc(N)c(Cl)cc1C(=O)NCC1CN(CC2CCN(C(=O)COC(C)=O)CC2)CCO1.C[O-].[Na+]. The van der Waals surface area contributed by atoms with Crippen LogP contribution in [0.25, 0.3) is 0 Å². The van der Waals surface area contributed by atoms with Gasteiger partial charge in [-0.3, -0.25) is 33.8 Å². The molecule has 386 valence electrons. The fraction of sp³-hybridized carbons (Fsp3) is 0.638. The van der Waals surface area contributed by atoms with Gasteiger partial charge in [0, 0.05) is 97.6 Å². The first-order chi connectivity index (χ1) is 33.2. The number of benzene rings is 2. The van der Waals surface area contributed by atoms with Crippen molar-refractivity contribution in [2.24, 2.45) is 11.8 Å². The number of nitrogen functional groups attached to an aromatic ring is 2. The van der Waals surface area contributed by atoms with Crippen LogP contribution in [0.4, 0.5) is 11.4 Å². The summed E-state index contributed by atoms with van der Waals surface area (Å²) in [5.74, 6) is 0.441. The molecule has 0 saturated carbocycles. The Morgan fingerprint density at radius 1 is 0.700 bits per heavy atom. The Labute approximate surface area is 443 Å². The Morgan fingerprint density at radius 2 is 1.10 bits per heavy atom. The number of esters is 1. The molecule has 23 heteroatoms. The predicted octanol–water partition coefficient (Wildman–Crippen LogP) is -1.48. The van der Waals surface area contributed by atoms with Gasteiger partial charge in [-0.25, -0.2) is 0 Å². The second-order valence-corrected chi connectivity index (χ2v) is 17.9. The van der Waals surface area contributed by atoms with Crippen LogP contribution >= 0.6 is 23.2 Å². The monoisotopic (exact) mass is 1030 g/mol. The summed E-state index contributed by atoms with van der Waals surface area (Å²) in [4.78, 5) is 68.4. The predicted molar refractivity (Wildman–Crippen MR) is 259 cm³/mol. The second kappa shape index (κ2) is 31.7. The van der Waals surface area contributed by atoms with Gasteiger partial charge in [0.1, 0.15) is 18.1 Å². The van der Waals surface area contributed by atoms with Gasteiger partial charge in [0.25, 0.3) is 17.7 Å². The topological polar surface area (TPSA) is 264 Å². The standard InChI is InChI=1S/C24H35ClN4O6.C22H33ClN4O5.CH3O.Na/c1-3-33-22-11-21(26)20(25)10-19(22)24(32)27-12-18-14-28(8-9-34-18)13-17-4-6-29(7-5-17)23(31)15-35-16(2)30;1-2-31-20-10-19(24)18(23)9-17(20)22(30)25-11-16-13-26(7-8-32-16)12-15-3-5-27(6-4-15)21(29)14-28;1-2;/h10-11,17-18H,3-9,12-15,26H2,1-2H3,(H,27,32);9-10,15-16,28H,2-8,11-14,24H2,1H3,(H,25,30);1H3;/q;;-1;+1. The maximum atomic E-state index is 12.8. The zero-order valence-corrected chi connectivity index (χ0v) is 44.8. The summed E-state index contributed by atoms with van der Waals surface area (Å²) in [5.41, 5.74) is 13.1. The zero-order chi connectivity index (χ0) is 50.5. The first kappa shape index (κ1) is 60.6. The number of carbonyl (C=O) groups is 5. The molecule has 0 bridgehead atoms. The van der Waals surface area contributed by atoms with Crippen molar-refractivity contribution in [3.8, 4) is 11.5 Å². The van der Waals surface area contributed by atoms with Crippen molar-refractivity contribution < 1.29 is 87.4 Å². The molecule has 2 unspecified atom stereocenters. The van der Waals surface area contributed by atoms with E-state index >= 15 is 0 Å². The first-order valence-electron chi connectivity index (χ1n) is 23.6. The minimum atomic E-state index is -0.446. The number of morpholine rings is 2. The molecule has 4 saturated heterocycles. The molecule has 2 aromatic carbocycles. The Kier molecular flexibility index (Phi) is 27.5. The molecule has 2 aromatic rings. The van der Waals surface area contributed by atoms with Crippen LogP contribution in [-0.4, -0.2) is 192 Å². The molecule has 0 radical (unpaired) electrons. The van der Waals surface area contributed by atoms with Crippen LogP contribution in [0.2, 0.25) is 10.0 Å². The van der Waals surface area contributed by atoms with Gasteiger partial charge in [-0.15, -0.1) is 0 Å². The first-order valence-corrected chi connectivity index (χ1v) is 24.3. The van der Waals surface area contributed by atoms with Crippen molar-refractivity contribution in [2.45, 2.75) is 58.7 Å². The van der Waals surface area contributed by atoms with E-state index in [0.29, 0.717) is 128 Å². The fourth-order valence-corrected chi connectivity index (χ4v) is 8.93. The molecule has 4 aliphatic rings. The summed E-state index contributed by atoms with van der Waals surface area (Å²) in [7, 11) is 0.750. The maximum absolute atomic E-state index is 12.8. The number of nitrogens with two attached hydrogens (primary N) is 2. The largest absolute Gasteiger partial charge is 1.00 e. The number of aliphatic hydroxyl groups excluding tert-OH is 1. The number of hydrogen-bond acceptors (Lipinski definition) is 16. The van der Waals surface area contributed by atoms with E-state index in [1.165, 1.54) is 19.1 Å². The number of aliphatic hydroxyl groups is 1. The van der Waals surface area contributed by atoms with E-state index in [0.717, 1.165) is 65.5 Å². The number of nitrogens with one attached hydrogen (secondary N) is 2. The summed E-state index contributed by atoms with van der Waals surface area (Å²) in [6, 6.07) is 6.18. The van der Waals surface area contributed by atoms with Crippen LogP contribution in [0, 0.1) is 11.8 Å². The number of hydrogen-bond donors (Lipinski definition) is 5. The van der Waals surface area contributed by atoms with Gasteiger partial charge in [-0.1, -0.05) is 23.2 Å². The summed E-state index contributed by atoms with van der Waals surface area (Å²) < 4.78 is 27.6.